The Morgan fingerprint density at radius 2 is 2.03 bits per heavy atom. The lowest BCUT2D eigenvalue weighted by Gasteiger charge is -2.29. The van der Waals surface area contributed by atoms with E-state index in [4.69, 9.17) is 9.72 Å². The third kappa shape index (κ3) is 3.59. The molecule has 0 radical (unpaired) electrons. The van der Waals surface area contributed by atoms with E-state index in [1.165, 1.54) is 0 Å². The molecule has 0 unspecified atom stereocenters. The van der Waals surface area contributed by atoms with Crippen molar-refractivity contribution in [1.29, 1.82) is 0 Å². The highest BCUT2D eigenvalue weighted by Gasteiger charge is 2.27. The summed E-state index contributed by atoms with van der Waals surface area (Å²) < 4.78 is 7.35. The summed E-state index contributed by atoms with van der Waals surface area (Å²) in [6, 6.07) is 9.72. The fourth-order valence-electron chi connectivity index (χ4n) is 5.60. The second-order valence-electron chi connectivity index (χ2n) is 9.86. The van der Waals surface area contributed by atoms with Crippen LogP contribution in [0.15, 0.2) is 41.3 Å². The SMILES string of the molecule is Cc1cc2[nH]c(=O)c3nnc(C4CCOCC4)n3c2cc1C(=O)N1CCc2nc3ncccc3cc2C1. The lowest BCUT2D eigenvalue weighted by Crippen LogP contribution is -2.36. The molecule has 1 N–H and O–H groups in total. The molecule has 4 aromatic heterocycles. The third-order valence-electron chi connectivity index (χ3n) is 7.56. The maximum Gasteiger partial charge on any atom is 0.294 e. The molecule has 0 bridgehead atoms. The van der Waals surface area contributed by atoms with Gasteiger partial charge in [-0.25, -0.2) is 9.97 Å². The molecule has 1 saturated heterocycles. The number of aryl methyl sites for hydroxylation is 1. The first-order valence-corrected chi connectivity index (χ1v) is 12.6. The molecule has 1 amide bonds. The lowest BCUT2D eigenvalue weighted by molar-refractivity contribution is 0.0733. The molecule has 1 fully saturated rings. The molecule has 0 saturated carbocycles. The van der Waals surface area contributed by atoms with Crippen LogP contribution in [0.5, 0.6) is 0 Å². The topological polar surface area (TPSA) is 118 Å². The molecule has 0 spiro atoms. The minimum Gasteiger partial charge on any atom is -0.381 e. The van der Waals surface area contributed by atoms with Gasteiger partial charge in [0.15, 0.2) is 5.65 Å². The molecular weight excluding hydrogens is 470 g/mol. The highest BCUT2D eigenvalue weighted by Crippen LogP contribution is 2.29. The van der Waals surface area contributed by atoms with Gasteiger partial charge in [0.05, 0.1) is 11.0 Å². The lowest BCUT2D eigenvalue weighted by atomic mass is 9.99. The number of aromatic nitrogens is 6. The number of H-pyrrole nitrogens is 1. The minimum atomic E-state index is -0.293. The highest BCUT2D eigenvalue weighted by atomic mass is 16.5. The van der Waals surface area contributed by atoms with Crippen LogP contribution in [0.1, 0.15) is 51.8 Å². The molecule has 1 aromatic carbocycles. The van der Waals surface area contributed by atoms with Gasteiger partial charge in [0.25, 0.3) is 11.5 Å². The normalized spacial score (nSPS) is 16.5. The maximum absolute atomic E-state index is 13.8. The zero-order valence-corrected chi connectivity index (χ0v) is 20.4. The number of benzene rings is 1. The van der Waals surface area contributed by atoms with Gasteiger partial charge in [-0.3, -0.25) is 14.0 Å². The van der Waals surface area contributed by atoms with Gasteiger partial charge in [0.2, 0.25) is 5.65 Å². The fourth-order valence-corrected chi connectivity index (χ4v) is 5.60. The summed E-state index contributed by atoms with van der Waals surface area (Å²) in [5.41, 5.74) is 5.53. The van der Waals surface area contributed by atoms with Gasteiger partial charge in [0.1, 0.15) is 5.82 Å². The zero-order valence-electron chi connectivity index (χ0n) is 20.4. The number of hydrogen-bond donors (Lipinski definition) is 1. The molecule has 10 nitrogen and oxygen atoms in total. The van der Waals surface area contributed by atoms with Crippen LogP contribution in [-0.2, 0) is 17.7 Å². The molecule has 10 heteroatoms. The molecule has 6 heterocycles. The predicted molar refractivity (Wildman–Crippen MR) is 137 cm³/mol. The van der Waals surface area contributed by atoms with Crippen molar-refractivity contribution in [2.75, 3.05) is 19.8 Å². The Kier molecular flexibility index (Phi) is 5.03. The molecule has 2 aliphatic heterocycles. The van der Waals surface area contributed by atoms with Crippen LogP contribution in [0.25, 0.3) is 27.7 Å². The van der Waals surface area contributed by atoms with Gasteiger partial charge in [-0.1, -0.05) is 0 Å². The highest BCUT2D eigenvalue weighted by molar-refractivity contribution is 5.99. The van der Waals surface area contributed by atoms with Crippen LogP contribution in [-0.4, -0.2) is 60.1 Å². The summed E-state index contributed by atoms with van der Waals surface area (Å²) in [6.07, 6.45) is 4.06. The smallest absolute Gasteiger partial charge is 0.294 e. The van der Waals surface area contributed by atoms with Gasteiger partial charge >= 0.3 is 0 Å². The predicted octanol–water partition coefficient (Wildman–Crippen LogP) is 2.91. The largest absolute Gasteiger partial charge is 0.381 e. The maximum atomic E-state index is 13.8. The standard InChI is InChI=1S/C27H25N7O3/c1-15-11-21-22(34-24(16-5-9-37-10-6-16)31-32-25(34)26(35)30-21)13-19(15)27(36)33-8-4-20-18(14-33)12-17-3-2-7-28-23(17)29-20/h2-3,7,11-13,16H,4-6,8-10,14H2,1H3,(H,30,35). The Bertz CT molecular complexity index is 1770. The quantitative estimate of drug-likeness (QED) is 0.400. The van der Waals surface area contributed by atoms with Crippen LogP contribution in [0.3, 0.4) is 0 Å². The molecule has 2 aliphatic rings. The van der Waals surface area contributed by atoms with E-state index >= 15 is 0 Å². The van der Waals surface area contributed by atoms with Gasteiger partial charge in [-0.2, -0.15) is 0 Å². The van der Waals surface area contributed by atoms with Gasteiger partial charge in [-0.05, 0) is 61.2 Å². The number of pyridine rings is 2. The van der Waals surface area contributed by atoms with E-state index in [2.05, 4.69) is 26.2 Å². The molecule has 37 heavy (non-hydrogen) atoms. The Balaban J connectivity index is 1.31. The number of ether oxygens (including phenoxy) is 1. The van der Waals surface area contributed by atoms with Crippen molar-refractivity contribution in [3.05, 3.63) is 75.1 Å². The Morgan fingerprint density at radius 3 is 2.89 bits per heavy atom. The third-order valence-corrected chi connectivity index (χ3v) is 7.56. The summed E-state index contributed by atoms with van der Waals surface area (Å²) >= 11 is 0. The second-order valence-corrected chi connectivity index (χ2v) is 9.86. The molecule has 7 rings (SSSR count). The summed E-state index contributed by atoms with van der Waals surface area (Å²) in [6.45, 7) is 4.28. The van der Waals surface area contributed by atoms with Gasteiger partial charge in [0, 0.05) is 61.5 Å². The number of carbonyl (C=O) groups excluding carboxylic acids is 1. The van der Waals surface area contributed by atoms with Crippen LogP contribution in [0.2, 0.25) is 0 Å². The van der Waals surface area contributed by atoms with Gasteiger partial charge in [-0.15, -0.1) is 10.2 Å². The number of rotatable bonds is 2. The fraction of sp³-hybridized carbons (Fsp3) is 0.333. The van der Waals surface area contributed by atoms with Crippen molar-refractivity contribution in [2.45, 2.75) is 38.6 Å². The number of aromatic amines is 1. The minimum absolute atomic E-state index is 0.0450. The summed E-state index contributed by atoms with van der Waals surface area (Å²) in [5, 5.41) is 9.57. The number of fused-ring (bicyclic) bond motifs is 5. The van der Waals surface area contributed by atoms with Crippen LogP contribution >= 0.6 is 0 Å². The zero-order chi connectivity index (χ0) is 25.1. The van der Waals surface area contributed by atoms with Crippen LogP contribution < -0.4 is 5.56 Å². The average Bonchev–Trinajstić information content (AvgIpc) is 3.38. The van der Waals surface area contributed by atoms with E-state index in [-0.39, 0.29) is 23.0 Å². The number of hydrogen-bond acceptors (Lipinski definition) is 7. The van der Waals surface area contributed by atoms with Crippen molar-refractivity contribution in [3.8, 4) is 0 Å². The van der Waals surface area contributed by atoms with Gasteiger partial charge < -0.3 is 14.6 Å². The first-order valence-electron chi connectivity index (χ1n) is 12.6. The summed E-state index contributed by atoms with van der Waals surface area (Å²) in [4.78, 5) is 40.5. The van der Waals surface area contributed by atoms with E-state index in [1.54, 1.807) is 6.20 Å². The van der Waals surface area contributed by atoms with E-state index < -0.39 is 0 Å². The summed E-state index contributed by atoms with van der Waals surface area (Å²) in [7, 11) is 0. The second kappa shape index (κ2) is 8.45. The molecular formula is C27H25N7O3. The molecule has 5 aromatic rings. The monoisotopic (exact) mass is 495 g/mol. The Labute approximate surface area is 211 Å². The van der Waals surface area contributed by atoms with Crippen molar-refractivity contribution in [2.24, 2.45) is 0 Å². The molecule has 0 aliphatic carbocycles. The first kappa shape index (κ1) is 22.1. The number of amides is 1. The van der Waals surface area contributed by atoms with Crippen LogP contribution in [0.4, 0.5) is 0 Å². The average molecular weight is 496 g/mol. The Morgan fingerprint density at radius 1 is 1.16 bits per heavy atom. The van der Waals surface area contributed by atoms with E-state index in [9.17, 15) is 9.59 Å². The number of nitrogens with zero attached hydrogens (tertiary/aromatic N) is 6. The Hall–Kier alpha value is -4.18. The van der Waals surface area contributed by atoms with E-state index in [0.29, 0.717) is 43.8 Å². The number of carbonyl (C=O) groups is 1. The first-order chi connectivity index (χ1) is 18.1. The van der Waals surface area contributed by atoms with E-state index in [0.717, 1.165) is 52.0 Å². The summed E-state index contributed by atoms with van der Waals surface area (Å²) in [5.74, 6) is 0.844. The van der Waals surface area contributed by atoms with Crippen molar-refractivity contribution in [1.82, 2.24) is 34.4 Å². The number of nitrogens with one attached hydrogen (secondary N) is 1. The van der Waals surface area contributed by atoms with Crippen LogP contribution in [0, 0.1) is 6.92 Å². The van der Waals surface area contributed by atoms with Crippen molar-refractivity contribution in [3.63, 3.8) is 0 Å². The van der Waals surface area contributed by atoms with E-state index in [1.807, 2.05) is 40.5 Å². The molecule has 0 atom stereocenters. The van der Waals surface area contributed by atoms with Crippen molar-refractivity contribution < 1.29 is 9.53 Å². The molecule has 186 valence electrons. The van der Waals surface area contributed by atoms with Crippen molar-refractivity contribution >= 4 is 33.6 Å².